The number of hydrogen-bond acceptors (Lipinski definition) is 5. The van der Waals surface area contributed by atoms with Crippen LogP contribution in [0.3, 0.4) is 0 Å². The average molecular weight is 285 g/mol. The van der Waals surface area contributed by atoms with Crippen molar-refractivity contribution in [2.45, 2.75) is 23.1 Å². The van der Waals surface area contributed by atoms with Gasteiger partial charge < -0.3 is 0 Å². The Balaban J connectivity index is 1.91. The summed E-state index contributed by atoms with van der Waals surface area (Å²) >= 11 is 1.22. The Morgan fingerprint density at radius 2 is 2.22 bits per heavy atom. The van der Waals surface area contributed by atoms with E-state index in [1.165, 1.54) is 11.3 Å². The highest BCUT2D eigenvalue weighted by atomic mass is 32.2. The van der Waals surface area contributed by atoms with Crippen LogP contribution in [-0.4, -0.2) is 39.0 Å². The maximum absolute atomic E-state index is 12.0. The molecule has 1 aliphatic heterocycles. The number of hydrogen-bond donors (Lipinski definition) is 1. The number of nitriles is 1. The predicted octanol–water partition coefficient (Wildman–Crippen LogP) is 1.01. The first kappa shape index (κ1) is 13.5. The fourth-order valence-electron chi connectivity index (χ4n) is 2.00. The molecule has 1 N–H and O–H groups in total. The third kappa shape index (κ3) is 3.29. The summed E-state index contributed by atoms with van der Waals surface area (Å²) in [6, 6.07) is 5.43. The molecule has 1 aromatic rings. The van der Waals surface area contributed by atoms with Crippen LogP contribution in [0.25, 0.3) is 0 Å². The molecule has 0 saturated carbocycles. The smallest absolute Gasteiger partial charge is 0.250 e. The lowest BCUT2D eigenvalue weighted by Gasteiger charge is -2.30. The minimum absolute atomic E-state index is 0.0213. The maximum atomic E-state index is 12.0. The zero-order valence-electron chi connectivity index (χ0n) is 9.87. The Hall–Kier alpha value is -0.940. The van der Waals surface area contributed by atoms with Crippen molar-refractivity contribution in [2.24, 2.45) is 0 Å². The third-order valence-electron chi connectivity index (χ3n) is 2.96. The molecule has 2 heterocycles. The van der Waals surface area contributed by atoms with Crippen LogP contribution >= 0.6 is 11.3 Å². The van der Waals surface area contributed by atoms with Crippen LogP contribution in [-0.2, 0) is 10.0 Å². The number of likely N-dealkylation sites (tertiary alicyclic amines) is 1. The molecule has 5 nitrogen and oxygen atoms in total. The Bertz CT molecular complexity index is 511. The molecule has 1 aromatic heterocycles. The molecular weight excluding hydrogens is 270 g/mol. The number of nitrogens with one attached hydrogen (secondary N) is 1. The summed E-state index contributed by atoms with van der Waals surface area (Å²) in [6.45, 7) is 1.96. The van der Waals surface area contributed by atoms with E-state index < -0.39 is 10.0 Å². The van der Waals surface area contributed by atoms with Gasteiger partial charge in [-0.25, -0.2) is 13.1 Å². The highest BCUT2D eigenvalue weighted by Crippen LogP contribution is 2.18. The fourth-order valence-corrected chi connectivity index (χ4v) is 4.32. The summed E-state index contributed by atoms with van der Waals surface area (Å²) < 4.78 is 27.1. The number of piperidine rings is 1. The predicted molar refractivity (Wildman–Crippen MR) is 69.7 cm³/mol. The van der Waals surface area contributed by atoms with Crippen LogP contribution < -0.4 is 4.72 Å². The number of nitrogens with zero attached hydrogens (tertiary/aromatic N) is 2. The van der Waals surface area contributed by atoms with E-state index in [1.54, 1.807) is 17.5 Å². The fraction of sp³-hybridized carbons (Fsp3) is 0.545. The van der Waals surface area contributed by atoms with Gasteiger partial charge in [-0.05, 0) is 24.3 Å². The first-order valence-corrected chi connectivity index (χ1v) is 8.13. The largest absolute Gasteiger partial charge is 0.290 e. The maximum Gasteiger partial charge on any atom is 0.250 e. The molecule has 0 unspecified atom stereocenters. The van der Waals surface area contributed by atoms with Gasteiger partial charge in [0.1, 0.15) is 4.21 Å². The molecule has 7 heteroatoms. The first-order valence-electron chi connectivity index (χ1n) is 5.77. The SMILES string of the molecule is N#CCN1CCC(NS(=O)(=O)c2cccs2)CC1. The van der Waals surface area contributed by atoms with Gasteiger partial charge in [0.05, 0.1) is 12.6 Å². The zero-order chi connectivity index (χ0) is 13.0. The van der Waals surface area contributed by atoms with Crippen LogP contribution in [0.4, 0.5) is 0 Å². The van der Waals surface area contributed by atoms with Crippen molar-refractivity contribution in [1.82, 2.24) is 9.62 Å². The molecule has 1 aliphatic rings. The Labute approximate surface area is 111 Å². The van der Waals surface area contributed by atoms with Gasteiger partial charge in [-0.1, -0.05) is 6.07 Å². The summed E-state index contributed by atoms with van der Waals surface area (Å²) in [5.41, 5.74) is 0. The Morgan fingerprint density at radius 3 is 2.78 bits per heavy atom. The van der Waals surface area contributed by atoms with Crippen molar-refractivity contribution in [3.05, 3.63) is 17.5 Å². The monoisotopic (exact) mass is 285 g/mol. The van der Waals surface area contributed by atoms with Crippen molar-refractivity contribution in [1.29, 1.82) is 5.26 Å². The van der Waals surface area contributed by atoms with Gasteiger partial charge in [0.25, 0.3) is 0 Å². The lowest BCUT2D eigenvalue weighted by atomic mass is 10.1. The molecule has 0 atom stereocenters. The lowest BCUT2D eigenvalue weighted by Crippen LogP contribution is -2.44. The molecule has 1 fully saturated rings. The minimum Gasteiger partial charge on any atom is -0.290 e. The second kappa shape index (κ2) is 5.80. The highest BCUT2D eigenvalue weighted by molar-refractivity contribution is 7.91. The summed E-state index contributed by atoms with van der Waals surface area (Å²) in [5, 5.41) is 10.3. The van der Waals surface area contributed by atoms with Crippen molar-refractivity contribution in [3.8, 4) is 6.07 Å². The van der Waals surface area contributed by atoms with E-state index in [1.807, 2.05) is 4.90 Å². The van der Waals surface area contributed by atoms with Crippen LogP contribution in [0.2, 0.25) is 0 Å². The molecule has 0 amide bonds. The van der Waals surface area contributed by atoms with E-state index in [0.717, 1.165) is 25.9 Å². The van der Waals surface area contributed by atoms with E-state index >= 15 is 0 Å². The molecule has 98 valence electrons. The number of thiophene rings is 1. The molecule has 0 radical (unpaired) electrons. The second-order valence-corrected chi connectivity index (χ2v) is 7.15. The molecule has 0 bridgehead atoms. The zero-order valence-corrected chi connectivity index (χ0v) is 11.5. The summed E-state index contributed by atoms with van der Waals surface area (Å²) in [6.07, 6.45) is 1.51. The van der Waals surface area contributed by atoms with Crippen LogP contribution in [0, 0.1) is 11.3 Å². The summed E-state index contributed by atoms with van der Waals surface area (Å²) in [5.74, 6) is 0. The topological polar surface area (TPSA) is 73.2 Å². The summed E-state index contributed by atoms with van der Waals surface area (Å²) in [7, 11) is -3.36. The molecule has 0 spiro atoms. The Kier molecular flexibility index (Phi) is 4.35. The lowest BCUT2D eigenvalue weighted by molar-refractivity contribution is 0.229. The van der Waals surface area contributed by atoms with Crippen molar-refractivity contribution in [2.75, 3.05) is 19.6 Å². The van der Waals surface area contributed by atoms with E-state index in [9.17, 15) is 8.42 Å². The van der Waals surface area contributed by atoms with Gasteiger partial charge in [0.2, 0.25) is 10.0 Å². The number of sulfonamides is 1. The average Bonchev–Trinajstić information content (AvgIpc) is 2.86. The number of rotatable bonds is 4. The third-order valence-corrected chi connectivity index (χ3v) is 5.88. The molecular formula is C11H15N3O2S2. The highest BCUT2D eigenvalue weighted by Gasteiger charge is 2.24. The second-order valence-electron chi connectivity index (χ2n) is 4.26. The van der Waals surface area contributed by atoms with E-state index in [2.05, 4.69) is 10.8 Å². The van der Waals surface area contributed by atoms with Gasteiger partial charge in [0, 0.05) is 19.1 Å². The van der Waals surface area contributed by atoms with Crippen molar-refractivity contribution < 1.29 is 8.42 Å². The molecule has 2 rings (SSSR count). The molecule has 1 saturated heterocycles. The summed E-state index contributed by atoms with van der Waals surface area (Å²) in [4.78, 5) is 2.04. The molecule has 0 aliphatic carbocycles. The quantitative estimate of drug-likeness (QED) is 0.838. The van der Waals surface area contributed by atoms with Crippen LogP contribution in [0.5, 0.6) is 0 Å². The molecule has 0 aromatic carbocycles. The van der Waals surface area contributed by atoms with Gasteiger partial charge in [0.15, 0.2) is 0 Å². The van der Waals surface area contributed by atoms with E-state index in [4.69, 9.17) is 5.26 Å². The van der Waals surface area contributed by atoms with Gasteiger partial charge in [-0.15, -0.1) is 11.3 Å². The Morgan fingerprint density at radius 1 is 1.50 bits per heavy atom. The standard InChI is InChI=1S/C11H15N3O2S2/c12-5-8-14-6-3-10(4-7-14)13-18(15,16)11-2-1-9-17-11/h1-2,9-10,13H,3-4,6-8H2. The first-order chi connectivity index (χ1) is 8.62. The minimum atomic E-state index is -3.36. The van der Waals surface area contributed by atoms with Crippen LogP contribution in [0.15, 0.2) is 21.7 Å². The normalized spacial score (nSPS) is 18.6. The molecule has 18 heavy (non-hydrogen) atoms. The van der Waals surface area contributed by atoms with E-state index in [0.29, 0.717) is 10.8 Å². The van der Waals surface area contributed by atoms with E-state index in [-0.39, 0.29) is 6.04 Å². The van der Waals surface area contributed by atoms with Crippen molar-refractivity contribution >= 4 is 21.4 Å². The van der Waals surface area contributed by atoms with Crippen molar-refractivity contribution in [3.63, 3.8) is 0 Å². The van der Waals surface area contributed by atoms with Gasteiger partial charge >= 0.3 is 0 Å². The van der Waals surface area contributed by atoms with Gasteiger partial charge in [-0.2, -0.15) is 5.26 Å². The van der Waals surface area contributed by atoms with Crippen LogP contribution in [0.1, 0.15) is 12.8 Å². The van der Waals surface area contributed by atoms with Gasteiger partial charge in [-0.3, -0.25) is 4.90 Å².